The van der Waals surface area contributed by atoms with Crippen molar-refractivity contribution in [2.75, 3.05) is 31.1 Å². The average Bonchev–Trinajstić information content (AvgIpc) is 3.26. The van der Waals surface area contributed by atoms with E-state index in [0.29, 0.717) is 6.10 Å². The Balaban J connectivity index is 1.71. The molecule has 2 aliphatic rings. The predicted molar refractivity (Wildman–Crippen MR) is 88.3 cm³/mol. The van der Waals surface area contributed by atoms with Gasteiger partial charge in [0, 0.05) is 37.0 Å². The maximum atomic E-state index is 5.82. The molecular weight excluding hydrogens is 282 g/mol. The molecule has 1 atom stereocenters. The fourth-order valence-corrected chi connectivity index (χ4v) is 4.16. The van der Waals surface area contributed by atoms with Crippen LogP contribution in [-0.4, -0.2) is 37.3 Å². The van der Waals surface area contributed by atoms with Crippen molar-refractivity contribution >= 4 is 16.5 Å². The van der Waals surface area contributed by atoms with Gasteiger partial charge in [0.2, 0.25) is 0 Å². The van der Waals surface area contributed by atoms with Crippen LogP contribution in [0.4, 0.5) is 5.13 Å². The molecule has 1 aromatic rings. The van der Waals surface area contributed by atoms with Crippen molar-refractivity contribution in [2.24, 2.45) is 0 Å². The molecule has 2 heterocycles. The van der Waals surface area contributed by atoms with Crippen molar-refractivity contribution in [1.82, 2.24) is 10.3 Å². The molecule has 21 heavy (non-hydrogen) atoms. The predicted octanol–water partition coefficient (Wildman–Crippen LogP) is 3.14. The molecule has 0 spiro atoms. The Bertz CT molecular complexity index is 456. The van der Waals surface area contributed by atoms with E-state index in [1.807, 2.05) is 11.3 Å². The van der Waals surface area contributed by atoms with Crippen molar-refractivity contribution in [3.05, 3.63) is 10.6 Å². The van der Waals surface area contributed by atoms with E-state index in [1.54, 1.807) is 0 Å². The first-order valence-corrected chi connectivity index (χ1v) is 9.20. The fraction of sp³-hybridized carbons (Fsp3) is 0.812. The maximum absolute atomic E-state index is 5.82. The van der Waals surface area contributed by atoms with E-state index in [9.17, 15) is 0 Å². The van der Waals surface area contributed by atoms with Crippen LogP contribution in [0.5, 0.6) is 0 Å². The smallest absolute Gasteiger partial charge is 0.185 e. The second kappa shape index (κ2) is 7.07. The second-order valence-electron chi connectivity index (χ2n) is 6.03. The summed E-state index contributed by atoms with van der Waals surface area (Å²) >= 11 is 1.89. The van der Waals surface area contributed by atoms with Crippen LogP contribution in [0.1, 0.15) is 56.0 Å². The van der Waals surface area contributed by atoms with Gasteiger partial charge in [0.1, 0.15) is 0 Å². The topological polar surface area (TPSA) is 37.4 Å². The Morgan fingerprint density at radius 2 is 2.19 bits per heavy atom. The normalized spacial score (nSPS) is 22.8. The summed E-state index contributed by atoms with van der Waals surface area (Å²) in [5, 5.41) is 4.68. The Kier molecular flexibility index (Phi) is 5.14. The highest BCUT2D eigenvalue weighted by molar-refractivity contribution is 7.15. The minimum absolute atomic E-state index is 0.384. The van der Waals surface area contributed by atoms with Gasteiger partial charge in [-0.2, -0.15) is 0 Å². The first kappa shape index (κ1) is 15.3. The van der Waals surface area contributed by atoms with Gasteiger partial charge in [0.05, 0.1) is 11.8 Å². The van der Waals surface area contributed by atoms with E-state index in [4.69, 9.17) is 9.72 Å². The lowest BCUT2D eigenvalue weighted by Crippen LogP contribution is -2.39. The zero-order chi connectivity index (χ0) is 14.7. The number of piperidine rings is 1. The highest BCUT2D eigenvalue weighted by Gasteiger charge is 2.31. The van der Waals surface area contributed by atoms with E-state index in [-0.39, 0.29) is 0 Å². The summed E-state index contributed by atoms with van der Waals surface area (Å²) in [6.07, 6.45) is 5.43. The maximum Gasteiger partial charge on any atom is 0.185 e. The standard InChI is InChI=1S/C16H27N3OS/c1-3-17-10-14-15(12-7-8-12)18-16(21-14)19-9-5-6-13(11-19)20-4-2/h12-13,17H,3-11H2,1-2H3. The number of anilines is 1. The molecule has 3 rings (SSSR count). The van der Waals surface area contributed by atoms with Gasteiger partial charge in [-0.25, -0.2) is 4.98 Å². The molecule has 1 saturated heterocycles. The van der Waals surface area contributed by atoms with E-state index < -0.39 is 0 Å². The first-order valence-electron chi connectivity index (χ1n) is 8.38. The second-order valence-corrected chi connectivity index (χ2v) is 7.09. The largest absolute Gasteiger partial charge is 0.377 e. The lowest BCUT2D eigenvalue weighted by Gasteiger charge is -2.32. The van der Waals surface area contributed by atoms with Crippen LogP contribution in [0.3, 0.4) is 0 Å². The summed E-state index contributed by atoms with van der Waals surface area (Å²) in [6, 6.07) is 0. The van der Waals surface area contributed by atoms with Gasteiger partial charge in [0.15, 0.2) is 5.13 Å². The highest BCUT2D eigenvalue weighted by Crippen LogP contribution is 2.44. The number of aromatic nitrogens is 1. The van der Waals surface area contributed by atoms with Crippen LogP contribution in [0, 0.1) is 0 Å². The van der Waals surface area contributed by atoms with E-state index in [2.05, 4.69) is 24.1 Å². The molecule has 1 saturated carbocycles. The molecule has 2 fully saturated rings. The average molecular weight is 309 g/mol. The third-order valence-electron chi connectivity index (χ3n) is 4.27. The zero-order valence-corrected chi connectivity index (χ0v) is 14.0. The summed E-state index contributed by atoms with van der Waals surface area (Å²) in [5.41, 5.74) is 1.37. The third-order valence-corrected chi connectivity index (χ3v) is 5.40. The van der Waals surface area contributed by atoms with Crippen LogP contribution >= 0.6 is 11.3 Å². The molecule has 118 valence electrons. The molecule has 0 aromatic carbocycles. The van der Waals surface area contributed by atoms with Crippen LogP contribution < -0.4 is 10.2 Å². The highest BCUT2D eigenvalue weighted by atomic mass is 32.1. The van der Waals surface area contributed by atoms with Crippen molar-refractivity contribution in [1.29, 1.82) is 0 Å². The molecule has 0 radical (unpaired) electrons. The monoisotopic (exact) mass is 309 g/mol. The van der Waals surface area contributed by atoms with Gasteiger partial charge >= 0.3 is 0 Å². The van der Waals surface area contributed by atoms with Crippen molar-refractivity contribution < 1.29 is 4.74 Å². The Morgan fingerprint density at radius 1 is 1.33 bits per heavy atom. The first-order chi connectivity index (χ1) is 10.3. The summed E-state index contributed by atoms with van der Waals surface area (Å²) in [5.74, 6) is 0.733. The zero-order valence-electron chi connectivity index (χ0n) is 13.2. The summed E-state index contributed by atoms with van der Waals surface area (Å²) in [4.78, 5) is 8.88. The molecule has 1 aliphatic heterocycles. The lowest BCUT2D eigenvalue weighted by atomic mass is 10.1. The molecule has 1 N–H and O–H groups in total. The van der Waals surface area contributed by atoms with Gasteiger partial charge in [-0.3, -0.25) is 0 Å². The van der Waals surface area contributed by atoms with E-state index in [1.165, 1.54) is 41.4 Å². The van der Waals surface area contributed by atoms with Gasteiger partial charge in [0.25, 0.3) is 0 Å². The SMILES string of the molecule is CCNCc1sc(N2CCCC(OCC)C2)nc1C1CC1. The van der Waals surface area contributed by atoms with Crippen LogP contribution in [0.2, 0.25) is 0 Å². The lowest BCUT2D eigenvalue weighted by molar-refractivity contribution is 0.0526. The Hall–Kier alpha value is -0.650. The fourth-order valence-electron chi connectivity index (χ4n) is 3.01. The van der Waals surface area contributed by atoms with Crippen molar-refractivity contribution in [2.45, 2.75) is 58.1 Å². The minimum Gasteiger partial charge on any atom is -0.377 e. The number of ether oxygens (including phenoxy) is 1. The molecule has 0 bridgehead atoms. The number of rotatable bonds is 7. The summed E-state index contributed by atoms with van der Waals surface area (Å²) in [6.45, 7) is 9.19. The number of hydrogen-bond acceptors (Lipinski definition) is 5. The molecule has 4 nitrogen and oxygen atoms in total. The number of hydrogen-bond donors (Lipinski definition) is 1. The van der Waals surface area contributed by atoms with Gasteiger partial charge in [-0.05, 0) is 39.2 Å². The molecule has 1 aliphatic carbocycles. The molecular formula is C16H27N3OS. The third kappa shape index (κ3) is 3.76. The quantitative estimate of drug-likeness (QED) is 0.839. The van der Waals surface area contributed by atoms with Gasteiger partial charge < -0.3 is 15.0 Å². The molecule has 0 amide bonds. The summed E-state index contributed by atoms with van der Waals surface area (Å²) < 4.78 is 5.82. The molecule has 1 aromatic heterocycles. The van der Waals surface area contributed by atoms with Crippen molar-refractivity contribution in [3.63, 3.8) is 0 Å². The Labute approximate surface area is 131 Å². The minimum atomic E-state index is 0.384. The van der Waals surface area contributed by atoms with Gasteiger partial charge in [-0.1, -0.05) is 6.92 Å². The number of nitrogens with zero attached hydrogens (tertiary/aromatic N) is 2. The summed E-state index contributed by atoms with van der Waals surface area (Å²) in [7, 11) is 0. The van der Waals surface area contributed by atoms with E-state index >= 15 is 0 Å². The van der Waals surface area contributed by atoms with Crippen LogP contribution in [0.15, 0.2) is 0 Å². The number of nitrogens with one attached hydrogen (secondary N) is 1. The van der Waals surface area contributed by atoms with Crippen molar-refractivity contribution in [3.8, 4) is 0 Å². The van der Waals surface area contributed by atoms with Crippen LogP contribution in [0.25, 0.3) is 0 Å². The van der Waals surface area contributed by atoms with E-state index in [0.717, 1.165) is 38.7 Å². The molecule has 5 heteroatoms. The number of thiazole rings is 1. The van der Waals surface area contributed by atoms with Crippen LogP contribution in [-0.2, 0) is 11.3 Å². The Morgan fingerprint density at radius 3 is 2.90 bits per heavy atom. The van der Waals surface area contributed by atoms with Gasteiger partial charge in [-0.15, -0.1) is 11.3 Å². The molecule has 1 unspecified atom stereocenters.